The number of thiophene rings is 1. The smallest absolute Gasteiger partial charge is 0.309 e. The van der Waals surface area contributed by atoms with Gasteiger partial charge in [-0.05, 0) is 37.3 Å². The molecule has 1 atom stereocenters. The lowest BCUT2D eigenvalue weighted by molar-refractivity contribution is -0.135. The fraction of sp³-hybridized carbons (Fsp3) is 0.667. The van der Waals surface area contributed by atoms with Crippen LogP contribution in [0.15, 0.2) is 17.5 Å². The summed E-state index contributed by atoms with van der Waals surface area (Å²) < 4.78 is 36.2. The standard InChI is InChI=1S/C12H18F3NS/c1-2-8-16-10(11-6-4-9-17-11)5-3-7-12(13,14)15/h4,6,9-10,16H,2-3,5,7-8H2,1H3. The lowest BCUT2D eigenvalue weighted by Gasteiger charge is -2.17. The number of halogens is 3. The lowest BCUT2D eigenvalue weighted by atomic mass is 10.1. The number of rotatable bonds is 7. The first-order valence-electron chi connectivity index (χ1n) is 5.86. The van der Waals surface area contributed by atoms with E-state index in [1.54, 1.807) is 11.3 Å². The van der Waals surface area contributed by atoms with E-state index in [4.69, 9.17) is 0 Å². The fourth-order valence-electron chi connectivity index (χ4n) is 1.66. The van der Waals surface area contributed by atoms with Crippen LogP contribution in [0.2, 0.25) is 0 Å². The van der Waals surface area contributed by atoms with Crippen molar-refractivity contribution in [1.82, 2.24) is 5.32 Å². The van der Waals surface area contributed by atoms with E-state index in [0.29, 0.717) is 6.42 Å². The van der Waals surface area contributed by atoms with Crippen LogP contribution in [-0.2, 0) is 0 Å². The quantitative estimate of drug-likeness (QED) is 0.764. The Bertz CT molecular complexity index is 295. The molecule has 0 bridgehead atoms. The zero-order chi connectivity index (χ0) is 12.7. The Labute approximate surface area is 104 Å². The van der Waals surface area contributed by atoms with Gasteiger partial charge in [0.05, 0.1) is 0 Å². The minimum absolute atomic E-state index is 0.0669. The first-order valence-corrected chi connectivity index (χ1v) is 6.74. The molecule has 17 heavy (non-hydrogen) atoms. The lowest BCUT2D eigenvalue weighted by Crippen LogP contribution is -2.22. The molecule has 0 saturated heterocycles. The molecule has 1 rings (SSSR count). The maximum Gasteiger partial charge on any atom is 0.389 e. The van der Waals surface area contributed by atoms with Gasteiger partial charge in [-0.15, -0.1) is 11.3 Å². The summed E-state index contributed by atoms with van der Waals surface area (Å²) in [5, 5.41) is 5.26. The molecule has 0 radical (unpaired) electrons. The van der Waals surface area contributed by atoms with Gasteiger partial charge in [0, 0.05) is 17.3 Å². The van der Waals surface area contributed by atoms with Gasteiger partial charge in [0.15, 0.2) is 0 Å². The van der Waals surface area contributed by atoms with Gasteiger partial charge >= 0.3 is 6.18 Å². The van der Waals surface area contributed by atoms with Crippen LogP contribution in [0.25, 0.3) is 0 Å². The highest BCUT2D eigenvalue weighted by atomic mass is 32.1. The average molecular weight is 265 g/mol. The molecule has 1 N–H and O–H groups in total. The largest absolute Gasteiger partial charge is 0.389 e. The molecule has 0 saturated carbocycles. The van der Waals surface area contributed by atoms with Crippen molar-refractivity contribution in [2.45, 2.75) is 44.8 Å². The molecule has 98 valence electrons. The highest BCUT2D eigenvalue weighted by Crippen LogP contribution is 2.28. The summed E-state index contributed by atoms with van der Waals surface area (Å²) in [6.45, 7) is 2.89. The Morgan fingerprint density at radius 2 is 2.18 bits per heavy atom. The summed E-state index contributed by atoms with van der Waals surface area (Å²) in [7, 11) is 0. The van der Waals surface area contributed by atoms with E-state index in [2.05, 4.69) is 5.32 Å². The summed E-state index contributed by atoms with van der Waals surface area (Å²) >= 11 is 1.60. The maximum absolute atomic E-state index is 12.1. The number of hydrogen-bond acceptors (Lipinski definition) is 2. The van der Waals surface area contributed by atoms with Crippen molar-refractivity contribution in [2.75, 3.05) is 6.54 Å². The third-order valence-corrected chi connectivity index (χ3v) is 3.47. The summed E-state index contributed by atoms with van der Waals surface area (Å²) in [6.07, 6.45) is -3.02. The first kappa shape index (κ1) is 14.5. The molecule has 1 aromatic heterocycles. The topological polar surface area (TPSA) is 12.0 Å². The van der Waals surface area contributed by atoms with Crippen molar-refractivity contribution in [1.29, 1.82) is 0 Å². The Morgan fingerprint density at radius 3 is 2.71 bits per heavy atom. The van der Waals surface area contributed by atoms with Gasteiger partial charge in [-0.25, -0.2) is 0 Å². The zero-order valence-corrected chi connectivity index (χ0v) is 10.7. The SMILES string of the molecule is CCCNC(CCCC(F)(F)F)c1cccs1. The molecule has 0 aromatic carbocycles. The highest BCUT2D eigenvalue weighted by Gasteiger charge is 2.26. The molecule has 0 amide bonds. The van der Waals surface area contributed by atoms with Gasteiger partial charge in [0.25, 0.3) is 0 Å². The van der Waals surface area contributed by atoms with Crippen molar-refractivity contribution < 1.29 is 13.2 Å². The molecule has 1 unspecified atom stereocenters. The van der Waals surface area contributed by atoms with Gasteiger partial charge in [-0.1, -0.05) is 13.0 Å². The van der Waals surface area contributed by atoms with Crippen LogP contribution in [0, 0.1) is 0 Å². The van der Waals surface area contributed by atoms with Crippen LogP contribution in [-0.4, -0.2) is 12.7 Å². The molecular formula is C12H18F3NS. The predicted octanol–water partition coefficient (Wildman–Crippen LogP) is 4.52. The summed E-state index contributed by atoms with van der Waals surface area (Å²) in [5.74, 6) is 0. The number of alkyl halides is 3. The van der Waals surface area contributed by atoms with Crippen LogP contribution >= 0.6 is 11.3 Å². The molecule has 0 aliphatic rings. The molecule has 0 fully saturated rings. The molecule has 0 aliphatic carbocycles. The van der Waals surface area contributed by atoms with Gasteiger partial charge in [0.2, 0.25) is 0 Å². The third kappa shape index (κ3) is 6.07. The highest BCUT2D eigenvalue weighted by molar-refractivity contribution is 7.10. The predicted molar refractivity (Wildman–Crippen MR) is 65.3 cm³/mol. The van der Waals surface area contributed by atoms with Crippen molar-refractivity contribution in [3.8, 4) is 0 Å². The summed E-state index contributed by atoms with van der Waals surface area (Å²) in [4.78, 5) is 1.13. The van der Waals surface area contributed by atoms with E-state index in [1.807, 2.05) is 24.4 Å². The normalized spacial score (nSPS) is 13.9. The minimum atomic E-state index is -4.04. The Balaban J connectivity index is 2.42. The van der Waals surface area contributed by atoms with Gasteiger partial charge in [-0.3, -0.25) is 0 Å². The first-order chi connectivity index (χ1) is 8.03. The summed E-state index contributed by atoms with van der Waals surface area (Å²) in [6, 6.07) is 3.98. The van der Waals surface area contributed by atoms with Crippen LogP contribution < -0.4 is 5.32 Å². The maximum atomic E-state index is 12.1. The van der Waals surface area contributed by atoms with Crippen molar-refractivity contribution in [2.24, 2.45) is 0 Å². The van der Waals surface area contributed by atoms with E-state index in [0.717, 1.165) is 17.8 Å². The van der Waals surface area contributed by atoms with Crippen molar-refractivity contribution in [3.05, 3.63) is 22.4 Å². The van der Waals surface area contributed by atoms with Gasteiger partial charge in [-0.2, -0.15) is 13.2 Å². The molecule has 0 spiro atoms. The van der Waals surface area contributed by atoms with Crippen LogP contribution in [0.1, 0.15) is 43.5 Å². The Kier molecular flexibility index (Phi) is 5.98. The minimum Gasteiger partial charge on any atom is -0.309 e. The third-order valence-electron chi connectivity index (χ3n) is 2.48. The summed E-state index contributed by atoms with van der Waals surface area (Å²) in [5.41, 5.74) is 0. The van der Waals surface area contributed by atoms with Crippen LogP contribution in [0.4, 0.5) is 13.2 Å². The second kappa shape index (κ2) is 7.01. The fourth-order valence-corrected chi connectivity index (χ4v) is 2.50. The van der Waals surface area contributed by atoms with Crippen molar-refractivity contribution >= 4 is 11.3 Å². The zero-order valence-electron chi connectivity index (χ0n) is 9.89. The second-order valence-electron chi connectivity index (χ2n) is 4.03. The van der Waals surface area contributed by atoms with E-state index in [1.165, 1.54) is 0 Å². The number of nitrogens with one attached hydrogen (secondary N) is 1. The Hall–Kier alpha value is -0.550. The Morgan fingerprint density at radius 1 is 1.41 bits per heavy atom. The monoisotopic (exact) mass is 265 g/mol. The van der Waals surface area contributed by atoms with E-state index in [-0.39, 0.29) is 12.5 Å². The van der Waals surface area contributed by atoms with Gasteiger partial charge < -0.3 is 5.32 Å². The molecular weight excluding hydrogens is 247 g/mol. The molecule has 1 heterocycles. The van der Waals surface area contributed by atoms with Gasteiger partial charge in [0.1, 0.15) is 0 Å². The molecule has 1 aromatic rings. The van der Waals surface area contributed by atoms with E-state index >= 15 is 0 Å². The van der Waals surface area contributed by atoms with Crippen LogP contribution in [0.5, 0.6) is 0 Å². The van der Waals surface area contributed by atoms with Crippen molar-refractivity contribution in [3.63, 3.8) is 0 Å². The molecule has 5 heteroatoms. The van der Waals surface area contributed by atoms with E-state index < -0.39 is 12.6 Å². The average Bonchev–Trinajstić information content (AvgIpc) is 2.74. The molecule has 1 nitrogen and oxygen atoms in total. The number of hydrogen-bond donors (Lipinski definition) is 1. The molecule has 0 aliphatic heterocycles. The second-order valence-corrected chi connectivity index (χ2v) is 5.01. The van der Waals surface area contributed by atoms with Crippen LogP contribution in [0.3, 0.4) is 0 Å². The van der Waals surface area contributed by atoms with E-state index in [9.17, 15) is 13.2 Å².